The third kappa shape index (κ3) is 5.73. The van der Waals surface area contributed by atoms with Gasteiger partial charge in [0.15, 0.2) is 17.7 Å². The van der Waals surface area contributed by atoms with Crippen LogP contribution in [0.25, 0.3) is 15.8 Å². The number of carbonyl (C=O) groups excluding carboxylic acids is 6. The molecule has 0 radical (unpaired) electrons. The fraction of sp³-hybridized carbons (Fsp3) is 0.147. The van der Waals surface area contributed by atoms with E-state index >= 15 is 0 Å². The first-order valence-corrected chi connectivity index (χ1v) is 16.0. The number of esters is 1. The normalized spacial score (nSPS) is 16.2. The van der Waals surface area contributed by atoms with Crippen molar-refractivity contribution in [3.05, 3.63) is 95.2 Å². The molecule has 254 valence electrons. The second-order valence-electron chi connectivity index (χ2n) is 11.3. The summed E-state index contributed by atoms with van der Waals surface area (Å²) < 4.78 is 16.9. The fourth-order valence-corrected chi connectivity index (χ4v) is 6.78. The summed E-state index contributed by atoms with van der Waals surface area (Å²) >= 11 is 0.785. The Morgan fingerprint density at radius 2 is 1.75 bits per heavy atom. The van der Waals surface area contributed by atoms with E-state index in [1.54, 1.807) is 48.7 Å². The summed E-state index contributed by atoms with van der Waals surface area (Å²) in [6, 6.07) is 19.3. The number of benzene rings is 3. The van der Waals surface area contributed by atoms with Crippen molar-refractivity contribution in [3.8, 4) is 11.8 Å². The molecule has 16 nitrogen and oxygen atoms in total. The number of hydrogen-bond donors (Lipinski definition) is 2. The van der Waals surface area contributed by atoms with Gasteiger partial charge in [0, 0.05) is 24.6 Å². The molecular weight excluding hydrogens is 680 g/mol. The molecule has 2 aromatic heterocycles. The van der Waals surface area contributed by atoms with Crippen molar-refractivity contribution in [2.75, 3.05) is 28.3 Å². The van der Waals surface area contributed by atoms with Crippen LogP contribution in [0.3, 0.4) is 0 Å². The second-order valence-corrected chi connectivity index (χ2v) is 12.1. The van der Waals surface area contributed by atoms with E-state index < -0.39 is 47.7 Å². The molecule has 2 aliphatic rings. The Balaban J connectivity index is 1.16. The minimum Gasteiger partial charge on any atom is -0.449 e. The molecule has 4 heterocycles. The van der Waals surface area contributed by atoms with Crippen LogP contribution in [0.15, 0.2) is 72.9 Å². The third-order valence-electron chi connectivity index (χ3n) is 8.19. The third-order valence-corrected chi connectivity index (χ3v) is 9.06. The van der Waals surface area contributed by atoms with E-state index in [4.69, 9.17) is 20.5 Å². The number of rotatable bonds is 8. The maximum atomic E-state index is 13.8. The van der Waals surface area contributed by atoms with Crippen LogP contribution >= 0.6 is 11.5 Å². The number of amides is 5. The number of hydrogen-bond acceptors (Lipinski definition) is 12. The largest absolute Gasteiger partial charge is 0.449 e. The van der Waals surface area contributed by atoms with Gasteiger partial charge >= 0.3 is 5.97 Å². The number of imide groups is 1. The Labute approximate surface area is 291 Å². The van der Waals surface area contributed by atoms with Crippen LogP contribution in [0.5, 0.6) is 0 Å². The number of morpholine rings is 1. The number of aromatic nitrogens is 3. The van der Waals surface area contributed by atoms with Gasteiger partial charge in [-0.2, -0.15) is 9.64 Å². The minimum atomic E-state index is -1.80. The van der Waals surface area contributed by atoms with Crippen LogP contribution in [-0.2, 0) is 23.9 Å². The van der Waals surface area contributed by atoms with E-state index in [2.05, 4.69) is 14.8 Å². The van der Waals surface area contributed by atoms with Crippen LogP contribution in [0.4, 0.5) is 17.3 Å². The van der Waals surface area contributed by atoms with E-state index in [0.717, 1.165) is 23.4 Å². The fourth-order valence-electron chi connectivity index (χ4n) is 5.86. The lowest BCUT2D eigenvalue weighted by Crippen LogP contribution is -2.56. The van der Waals surface area contributed by atoms with Gasteiger partial charge in [0.1, 0.15) is 0 Å². The van der Waals surface area contributed by atoms with E-state index in [9.17, 15) is 28.8 Å². The summed E-state index contributed by atoms with van der Waals surface area (Å²) in [5, 5.41) is 16.3. The van der Waals surface area contributed by atoms with Crippen molar-refractivity contribution in [2.45, 2.75) is 19.1 Å². The first kappa shape index (κ1) is 32.8. The highest BCUT2D eigenvalue weighted by Gasteiger charge is 2.44. The van der Waals surface area contributed by atoms with Crippen molar-refractivity contribution in [1.29, 1.82) is 5.26 Å². The number of nitrogens with zero attached hydrogens (tertiary/aromatic N) is 6. The van der Waals surface area contributed by atoms with Crippen molar-refractivity contribution in [3.63, 3.8) is 0 Å². The lowest BCUT2D eigenvalue weighted by molar-refractivity contribution is -0.167. The summed E-state index contributed by atoms with van der Waals surface area (Å²) in [4.78, 5) is 81.0. The molecule has 0 saturated carbocycles. The van der Waals surface area contributed by atoms with Crippen LogP contribution in [0.1, 0.15) is 43.6 Å². The molecule has 2 aliphatic heterocycles. The van der Waals surface area contributed by atoms with Crippen molar-refractivity contribution < 1.29 is 38.2 Å². The monoisotopic (exact) mass is 704 g/mol. The highest BCUT2D eigenvalue weighted by atomic mass is 32.1. The highest BCUT2D eigenvalue weighted by molar-refractivity contribution is 7.14. The molecule has 17 heteroatoms. The number of carbonyl (C=O) groups is 6. The predicted molar refractivity (Wildman–Crippen MR) is 180 cm³/mol. The van der Waals surface area contributed by atoms with Gasteiger partial charge in [-0.3, -0.25) is 33.7 Å². The van der Waals surface area contributed by atoms with Gasteiger partial charge in [-0.25, -0.2) is 9.58 Å². The van der Waals surface area contributed by atoms with Crippen molar-refractivity contribution >= 4 is 74.4 Å². The van der Waals surface area contributed by atoms with Crippen LogP contribution in [-0.4, -0.2) is 75.0 Å². The lowest BCUT2D eigenvalue weighted by atomic mass is 10.1. The molecule has 0 spiro atoms. The number of ether oxygens (including phenoxy) is 2. The average molecular weight is 705 g/mol. The molecule has 51 heavy (non-hydrogen) atoms. The van der Waals surface area contributed by atoms with Gasteiger partial charge in [0.25, 0.3) is 29.5 Å². The zero-order valence-corrected chi connectivity index (χ0v) is 27.2. The Kier molecular flexibility index (Phi) is 8.30. The predicted octanol–water partition coefficient (Wildman–Crippen LogP) is 2.56. The van der Waals surface area contributed by atoms with Gasteiger partial charge in [0.2, 0.25) is 6.10 Å². The van der Waals surface area contributed by atoms with Crippen molar-refractivity contribution in [2.24, 2.45) is 5.73 Å². The maximum absolute atomic E-state index is 13.8. The molecule has 3 N–H and O–H groups in total. The molecule has 1 fully saturated rings. The summed E-state index contributed by atoms with van der Waals surface area (Å²) in [6.07, 6.45) is -1.77. The summed E-state index contributed by atoms with van der Waals surface area (Å²) in [6.45, 7) is 1.10. The van der Waals surface area contributed by atoms with Gasteiger partial charge in [-0.05, 0) is 60.1 Å². The van der Waals surface area contributed by atoms with Gasteiger partial charge in [0.05, 0.1) is 57.5 Å². The molecule has 0 aliphatic carbocycles. The summed E-state index contributed by atoms with van der Waals surface area (Å²) in [5.41, 5.74) is 6.98. The standard InChI is InChI=1S/C34H24N8O8S/c1-17(43)50-26(27-34(48)40(14-15-49-27)24-12-13-41(38-24)19-8-6-18(16-35)7-9-19)31(45)37-23-11-10-22-28(25(23)29(36)44)51-39-30(22)42-32(46)20-4-2-3-5-21(20)33(42)47/h2-13,26-27H,14-15H2,1H3,(H2,36,44)(H,37,45). The van der Waals surface area contributed by atoms with Gasteiger partial charge in [-0.15, -0.1) is 5.10 Å². The zero-order chi connectivity index (χ0) is 36.0. The van der Waals surface area contributed by atoms with Crippen LogP contribution < -0.4 is 20.9 Å². The first-order valence-electron chi connectivity index (χ1n) is 15.2. The molecule has 7 rings (SSSR count). The van der Waals surface area contributed by atoms with E-state index in [1.807, 2.05) is 6.07 Å². The minimum absolute atomic E-state index is 0.0118. The number of nitrogens with two attached hydrogens (primary N) is 1. The molecule has 2 unspecified atom stereocenters. The zero-order valence-electron chi connectivity index (χ0n) is 26.4. The first-order chi connectivity index (χ1) is 24.6. The van der Waals surface area contributed by atoms with Gasteiger partial charge in [-0.1, -0.05) is 12.1 Å². The second kappa shape index (κ2) is 12.9. The lowest BCUT2D eigenvalue weighted by Gasteiger charge is -2.34. The Morgan fingerprint density at radius 1 is 1.04 bits per heavy atom. The molecule has 0 bridgehead atoms. The SMILES string of the molecule is CC(=O)OC(C(=O)Nc1ccc2c(N3C(=O)c4ccccc4C3=O)nsc2c1C(N)=O)C1OCCN(c2ccn(-c3ccc(C#N)cc3)n2)C1=O. The molecular formula is C34H24N8O8S. The quantitative estimate of drug-likeness (QED) is 0.177. The maximum Gasteiger partial charge on any atom is 0.303 e. The van der Waals surface area contributed by atoms with E-state index in [-0.39, 0.29) is 57.3 Å². The van der Waals surface area contributed by atoms with Crippen LogP contribution in [0.2, 0.25) is 0 Å². The number of primary amides is 1. The molecule has 5 amide bonds. The number of anilines is 3. The molecule has 3 aromatic carbocycles. The number of nitriles is 1. The smallest absolute Gasteiger partial charge is 0.303 e. The van der Waals surface area contributed by atoms with Crippen molar-refractivity contribution in [1.82, 2.24) is 14.2 Å². The highest BCUT2D eigenvalue weighted by Crippen LogP contribution is 2.39. The number of fused-ring (bicyclic) bond motifs is 2. The number of nitrogens with one attached hydrogen (secondary N) is 1. The van der Waals surface area contributed by atoms with E-state index in [1.165, 1.54) is 33.8 Å². The van der Waals surface area contributed by atoms with Crippen LogP contribution in [0, 0.1) is 11.3 Å². The summed E-state index contributed by atoms with van der Waals surface area (Å²) in [7, 11) is 0. The summed E-state index contributed by atoms with van der Waals surface area (Å²) in [5.74, 6) is -4.51. The Bertz CT molecular complexity index is 2310. The van der Waals surface area contributed by atoms with Gasteiger partial charge < -0.3 is 20.5 Å². The molecule has 5 aromatic rings. The topological polar surface area (TPSA) is 220 Å². The average Bonchev–Trinajstić information content (AvgIpc) is 3.84. The Morgan fingerprint density at radius 3 is 2.39 bits per heavy atom. The molecule has 2 atom stereocenters. The Hall–Kier alpha value is -6.77. The van der Waals surface area contributed by atoms with E-state index in [0.29, 0.717) is 11.3 Å². The molecule has 1 saturated heterocycles.